The van der Waals surface area contributed by atoms with Crippen LogP contribution in [0.4, 0.5) is 5.69 Å². The summed E-state index contributed by atoms with van der Waals surface area (Å²) in [6.45, 7) is 2.53. The Morgan fingerprint density at radius 2 is 2.10 bits per heavy atom. The molecule has 0 amide bonds. The van der Waals surface area contributed by atoms with Crippen molar-refractivity contribution in [1.82, 2.24) is 0 Å². The molecule has 0 saturated heterocycles. The van der Waals surface area contributed by atoms with E-state index in [4.69, 9.17) is 15.6 Å². The van der Waals surface area contributed by atoms with Crippen LogP contribution in [0.3, 0.4) is 0 Å². The maximum atomic E-state index is 11.1. The molecule has 0 aliphatic heterocycles. The molecule has 0 radical (unpaired) electrons. The highest BCUT2D eigenvalue weighted by molar-refractivity contribution is 5.78. The molecule has 0 spiro atoms. The van der Waals surface area contributed by atoms with E-state index in [1.54, 1.807) is 14.0 Å². The zero-order valence-corrected chi connectivity index (χ0v) is 12.4. The van der Waals surface area contributed by atoms with Gasteiger partial charge in [-0.2, -0.15) is 0 Å². The molecule has 0 bridgehead atoms. The Morgan fingerprint density at radius 3 is 2.65 bits per heavy atom. The van der Waals surface area contributed by atoms with Gasteiger partial charge in [-0.05, 0) is 31.4 Å². The number of hydrogen-bond acceptors (Lipinski definition) is 4. The van der Waals surface area contributed by atoms with Crippen LogP contribution in [0.15, 0.2) is 24.3 Å². The average Bonchev–Trinajstić information content (AvgIpc) is 2.46. The van der Waals surface area contributed by atoms with Gasteiger partial charge in [0.05, 0.1) is 12.8 Å². The summed E-state index contributed by atoms with van der Waals surface area (Å²) in [5.41, 5.74) is 5.75. The van der Waals surface area contributed by atoms with Crippen LogP contribution in [0.5, 0.6) is 5.75 Å². The number of methoxy groups -OCH3 is 1. The first kappa shape index (κ1) is 16.3. The second-order valence-electron chi connectivity index (χ2n) is 5.01. The van der Waals surface area contributed by atoms with Crippen molar-refractivity contribution in [3.8, 4) is 5.75 Å². The lowest BCUT2D eigenvalue weighted by atomic mass is 9.92. The molecule has 0 aliphatic rings. The number of carbonyl (C=O) groups is 1. The number of benzene rings is 1. The van der Waals surface area contributed by atoms with Gasteiger partial charge in [-0.3, -0.25) is 4.79 Å². The number of nitrogens with two attached hydrogens (primary N) is 1. The number of nitrogens with zero attached hydrogens (tertiary/aromatic N) is 1. The van der Waals surface area contributed by atoms with Crippen molar-refractivity contribution in [3.05, 3.63) is 24.3 Å². The summed E-state index contributed by atoms with van der Waals surface area (Å²) in [5.74, 6) is -0.123. The summed E-state index contributed by atoms with van der Waals surface area (Å²) in [5, 5.41) is 9.14. The van der Waals surface area contributed by atoms with Gasteiger partial charge in [-0.25, -0.2) is 0 Å². The van der Waals surface area contributed by atoms with Crippen molar-refractivity contribution in [2.45, 2.75) is 31.7 Å². The van der Waals surface area contributed by atoms with Gasteiger partial charge in [-0.1, -0.05) is 19.1 Å². The second-order valence-corrected chi connectivity index (χ2v) is 5.01. The molecule has 5 heteroatoms. The standard InChI is InChI=1S/C15H24N2O3/c1-4-15(16,14(18)19)10-7-11-17(2)12-8-5-6-9-13(12)20-3/h5-6,8-9H,4,7,10-11,16H2,1-3H3,(H,18,19). The summed E-state index contributed by atoms with van der Waals surface area (Å²) in [6, 6.07) is 7.75. The average molecular weight is 280 g/mol. The highest BCUT2D eigenvalue weighted by Gasteiger charge is 2.31. The minimum Gasteiger partial charge on any atom is -0.495 e. The lowest BCUT2D eigenvalue weighted by Gasteiger charge is -2.26. The Labute approximate surface area is 120 Å². The van der Waals surface area contributed by atoms with E-state index in [9.17, 15) is 4.79 Å². The molecule has 1 aromatic carbocycles. The van der Waals surface area contributed by atoms with Gasteiger partial charge in [0.2, 0.25) is 0 Å². The van der Waals surface area contributed by atoms with E-state index in [0.717, 1.165) is 18.0 Å². The number of carboxylic acid groups (broad SMARTS) is 1. The summed E-state index contributed by atoms with van der Waals surface area (Å²) in [6.07, 6.45) is 1.60. The lowest BCUT2D eigenvalue weighted by molar-refractivity contribution is -0.143. The Bertz CT molecular complexity index is 450. The topological polar surface area (TPSA) is 75.8 Å². The van der Waals surface area contributed by atoms with Crippen LogP contribution in [0.2, 0.25) is 0 Å². The van der Waals surface area contributed by atoms with Gasteiger partial charge in [0.25, 0.3) is 0 Å². The Kier molecular flexibility index (Phi) is 5.82. The Hall–Kier alpha value is -1.75. The van der Waals surface area contributed by atoms with E-state index >= 15 is 0 Å². The van der Waals surface area contributed by atoms with Crippen LogP contribution >= 0.6 is 0 Å². The van der Waals surface area contributed by atoms with Crippen LogP contribution in [-0.2, 0) is 4.79 Å². The summed E-state index contributed by atoms with van der Waals surface area (Å²) >= 11 is 0. The van der Waals surface area contributed by atoms with Crippen LogP contribution in [-0.4, -0.2) is 37.3 Å². The first-order valence-electron chi connectivity index (χ1n) is 6.81. The third-order valence-corrected chi connectivity index (χ3v) is 3.67. The van der Waals surface area contributed by atoms with Crippen LogP contribution in [0, 0.1) is 0 Å². The van der Waals surface area contributed by atoms with Gasteiger partial charge >= 0.3 is 5.97 Å². The minimum atomic E-state index is -1.12. The molecule has 0 heterocycles. The summed E-state index contributed by atoms with van der Waals surface area (Å²) in [7, 11) is 3.60. The number of rotatable bonds is 8. The fraction of sp³-hybridized carbons (Fsp3) is 0.533. The van der Waals surface area contributed by atoms with Crippen molar-refractivity contribution in [3.63, 3.8) is 0 Å². The maximum Gasteiger partial charge on any atom is 0.323 e. The first-order chi connectivity index (χ1) is 9.44. The van der Waals surface area contributed by atoms with Gasteiger partial charge in [-0.15, -0.1) is 0 Å². The minimum absolute atomic E-state index is 0.431. The lowest BCUT2D eigenvalue weighted by Crippen LogP contribution is -2.47. The maximum absolute atomic E-state index is 11.1. The third-order valence-electron chi connectivity index (χ3n) is 3.67. The van der Waals surface area contributed by atoms with Crippen molar-refractivity contribution >= 4 is 11.7 Å². The van der Waals surface area contributed by atoms with Crippen molar-refractivity contribution in [1.29, 1.82) is 0 Å². The van der Waals surface area contributed by atoms with E-state index in [1.807, 2.05) is 31.3 Å². The molecular formula is C15H24N2O3. The zero-order chi connectivity index (χ0) is 15.2. The highest BCUT2D eigenvalue weighted by Crippen LogP contribution is 2.27. The number of ether oxygens (including phenoxy) is 1. The van der Waals surface area contributed by atoms with Crippen LogP contribution < -0.4 is 15.4 Å². The molecule has 0 saturated carbocycles. The quantitative estimate of drug-likeness (QED) is 0.762. The van der Waals surface area contributed by atoms with E-state index in [0.29, 0.717) is 19.3 Å². The number of anilines is 1. The Morgan fingerprint density at radius 1 is 1.45 bits per heavy atom. The largest absolute Gasteiger partial charge is 0.495 e. The van der Waals surface area contributed by atoms with E-state index in [2.05, 4.69) is 4.90 Å². The van der Waals surface area contributed by atoms with Gasteiger partial charge in [0.15, 0.2) is 0 Å². The smallest absolute Gasteiger partial charge is 0.323 e. The predicted molar refractivity (Wildman–Crippen MR) is 80.3 cm³/mol. The van der Waals surface area contributed by atoms with Crippen LogP contribution in [0.25, 0.3) is 0 Å². The molecule has 3 N–H and O–H groups in total. The fourth-order valence-electron chi connectivity index (χ4n) is 2.13. The van der Waals surface area contributed by atoms with Crippen molar-refractivity contribution in [2.75, 3.05) is 25.6 Å². The Balaban J connectivity index is 2.60. The molecule has 1 atom stereocenters. The highest BCUT2D eigenvalue weighted by atomic mass is 16.5. The molecule has 112 valence electrons. The molecule has 0 aliphatic carbocycles. The number of carboxylic acids is 1. The number of aliphatic carboxylic acids is 1. The molecule has 0 aromatic heterocycles. The molecule has 20 heavy (non-hydrogen) atoms. The predicted octanol–water partition coefficient (Wildman–Crippen LogP) is 2.10. The molecule has 1 rings (SSSR count). The van der Waals surface area contributed by atoms with Gasteiger partial charge in [0, 0.05) is 13.6 Å². The SMILES string of the molecule is CCC(N)(CCCN(C)c1ccccc1OC)C(=O)O. The van der Waals surface area contributed by atoms with E-state index in [1.165, 1.54) is 0 Å². The molecule has 1 unspecified atom stereocenters. The first-order valence-corrected chi connectivity index (χ1v) is 6.81. The summed E-state index contributed by atoms with van der Waals surface area (Å²) < 4.78 is 5.31. The molecule has 5 nitrogen and oxygen atoms in total. The molecular weight excluding hydrogens is 256 g/mol. The zero-order valence-electron chi connectivity index (χ0n) is 12.4. The summed E-state index contributed by atoms with van der Waals surface area (Å²) in [4.78, 5) is 13.2. The van der Waals surface area contributed by atoms with E-state index in [-0.39, 0.29) is 0 Å². The molecule has 1 aromatic rings. The fourth-order valence-corrected chi connectivity index (χ4v) is 2.13. The number of para-hydroxylation sites is 2. The monoisotopic (exact) mass is 280 g/mol. The third kappa shape index (κ3) is 3.87. The van der Waals surface area contributed by atoms with Gasteiger partial charge < -0.3 is 20.5 Å². The van der Waals surface area contributed by atoms with Crippen molar-refractivity contribution < 1.29 is 14.6 Å². The normalized spacial score (nSPS) is 13.6. The van der Waals surface area contributed by atoms with Crippen LogP contribution in [0.1, 0.15) is 26.2 Å². The van der Waals surface area contributed by atoms with Gasteiger partial charge in [0.1, 0.15) is 11.3 Å². The van der Waals surface area contributed by atoms with Crippen molar-refractivity contribution in [2.24, 2.45) is 5.73 Å². The number of hydrogen-bond donors (Lipinski definition) is 2. The van der Waals surface area contributed by atoms with E-state index < -0.39 is 11.5 Å². The molecule has 0 fully saturated rings. The second kappa shape index (κ2) is 7.14.